The van der Waals surface area contributed by atoms with E-state index in [4.69, 9.17) is 4.74 Å². The minimum absolute atomic E-state index is 0.119. The molecule has 0 bridgehead atoms. The van der Waals surface area contributed by atoms with E-state index >= 15 is 0 Å². The first kappa shape index (κ1) is 20.5. The van der Waals surface area contributed by atoms with E-state index in [2.05, 4.69) is 15.6 Å². The second-order valence-electron chi connectivity index (χ2n) is 7.72. The standard InChI is InChI=1S/C24H23N3O4/c1-14-7-9-16(10-8-14)21-13-19(18-5-3-4-6-20(18)26-21)23(29)31-15(2)22(28)27-24(30)25-17-11-12-17/h3-10,13,15,17H,11-12H2,1-2H3,(H2,25,27,28,30). The van der Waals surface area contributed by atoms with Crippen LogP contribution < -0.4 is 10.6 Å². The monoisotopic (exact) mass is 417 g/mol. The van der Waals surface area contributed by atoms with Gasteiger partial charge in [0.2, 0.25) is 0 Å². The van der Waals surface area contributed by atoms with Crippen LogP contribution in [0.25, 0.3) is 22.2 Å². The van der Waals surface area contributed by atoms with Crippen molar-refractivity contribution in [2.75, 3.05) is 0 Å². The number of hydrogen-bond donors (Lipinski definition) is 2. The molecule has 31 heavy (non-hydrogen) atoms. The Hall–Kier alpha value is -3.74. The van der Waals surface area contributed by atoms with Crippen molar-refractivity contribution in [3.05, 3.63) is 65.7 Å². The summed E-state index contributed by atoms with van der Waals surface area (Å²) in [6.45, 7) is 3.43. The normalized spacial score (nSPS) is 14.0. The van der Waals surface area contributed by atoms with Crippen molar-refractivity contribution in [3.63, 3.8) is 0 Å². The largest absolute Gasteiger partial charge is 0.449 e. The molecule has 158 valence electrons. The van der Waals surface area contributed by atoms with Crippen LogP contribution in [-0.4, -0.2) is 35.0 Å². The highest BCUT2D eigenvalue weighted by Crippen LogP contribution is 2.26. The number of hydrogen-bond acceptors (Lipinski definition) is 5. The number of aromatic nitrogens is 1. The second kappa shape index (κ2) is 8.55. The summed E-state index contributed by atoms with van der Waals surface area (Å²) in [6.07, 6.45) is 0.682. The maximum Gasteiger partial charge on any atom is 0.339 e. The number of amides is 3. The zero-order valence-electron chi connectivity index (χ0n) is 17.3. The van der Waals surface area contributed by atoms with E-state index < -0.39 is 24.0 Å². The molecule has 7 heteroatoms. The van der Waals surface area contributed by atoms with Gasteiger partial charge < -0.3 is 10.1 Å². The Labute approximate surface area is 179 Å². The minimum atomic E-state index is -1.13. The number of esters is 1. The lowest BCUT2D eigenvalue weighted by molar-refractivity contribution is -0.127. The Morgan fingerprint density at radius 3 is 2.48 bits per heavy atom. The maximum atomic E-state index is 13.0. The number of para-hydroxylation sites is 1. The summed E-state index contributed by atoms with van der Waals surface area (Å²) in [5, 5.41) is 5.49. The molecule has 1 aliphatic rings. The molecule has 2 N–H and O–H groups in total. The first-order valence-electron chi connectivity index (χ1n) is 10.2. The predicted octanol–water partition coefficient (Wildman–Crippen LogP) is 3.74. The molecule has 1 aliphatic carbocycles. The van der Waals surface area contributed by atoms with Gasteiger partial charge in [0.1, 0.15) is 0 Å². The van der Waals surface area contributed by atoms with Crippen molar-refractivity contribution in [2.45, 2.75) is 38.8 Å². The number of urea groups is 1. The van der Waals surface area contributed by atoms with Gasteiger partial charge in [-0.3, -0.25) is 10.1 Å². The van der Waals surface area contributed by atoms with Crippen LogP contribution in [0.4, 0.5) is 4.79 Å². The van der Waals surface area contributed by atoms with Gasteiger partial charge in [0, 0.05) is 17.0 Å². The molecule has 3 aromatic rings. The molecule has 3 amide bonds. The number of nitrogens with one attached hydrogen (secondary N) is 2. The summed E-state index contributed by atoms with van der Waals surface area (Å²) >= 11 is 0. The summed E-state index contributed by atoms with van der Waals surface area (Å²) < 4.78 is 5.38. The third-order valence-corrected chi connectivity index (χ3v) is 5.09. The van der Waals surface area contributed by atoms with Crippen molar-refractivity contribution in [2.24, 2.45) is 0 Å². The fourth-order valence-electron chi connectivity index (χ4n) is 3.16. The number of aryl methyl sites for hydroxylation is 1. The Morgan fingerprint density at radius 2 is 1.77 bits per heavy atom. The fourth-order valence-corrected chi connectivity index (χ4v) is 3.16. The summed E-state index contributed by atoms with van der Waals surface area (Å²) in [5.74, 6) is -1.33. The molecule has 0 radical (unpaired) electrons. The molecule has 0 spiro atoms. The molecule has 7 nitrogen and oxygen atoms in total. The molecular formula is C24H23N3O4. The third-order valence-electron chi connectivity index (χ3n) is 5.09. The number of rotatable bonds is 5. The minimum Gasteiger partial charge on any atom is -0.449 e. The highest BCUT2D eigenvalue weighted by atomic mass is 16.5. The molecule has 2 aromatic carbocycles. The van der Waals surface area contributed by atoms with E-state index in [1.54, 1.807) is 12.1 Å². The van der Waals surface area contributed by atoms with Crippen molar-refractivity contribution < 1.29 is 19.1 Å². The van der Waals surface area contributed by atoms with Crippen molar-refractivity contribution in [1.82, 2.24) is 15.6 Å². The average molecular weight is 417 g/mol. The van der Waals surface area contributed by atoms with Crippen LogP contribution in [0.1, 0.15) is 35.7 Å². The Bertz CT molecular complexity index is 1150. The lowest BCUT2D eigenvalue weighted by Crippen LogP contribution is -2.45. The van der Waals surface area contributed by atoms with E-state index in [0.29, 0.717) is 22.2 Å². The molecule has 4 rings (SSSR count). The van der Waals surface area contributed by atoms with Crippen molar-refractivity contribution in [1.29, 1.82) is 0 Å². The Morgan fingerprint density at radius 1 is 1.06 bits per heavy atom. The SMILES string of the molecule is Cc1ccc(-c2cc(C(=O)OC(C)C(=O)NC(=O)NC3CC3)c3ccccc3n2)cc1. The second-order valence-corrected chi connectivity index (χ2v) is 7.72. The fraction of sp³-hybridized carbons (Fsp3) is 0.250. The van der Waals surface area contributed by atoms with Gasteiger partial charge in [-0.05, 0) is 38.8 Å². The highest BCUT2D eigenvalue weighted by molar-refractivity contribution is 6.06. The molecule has 1 heterocycles. The Kier molecular flexibility index (Phi) is 5.66. The number of carbonyl (C=O) groups is 3. The number of fused-ring (bicyclic) bond motifs is 1. The predicted molar refractivity (Wildman–Crippen MR) is 116 cm³/mol. The third kappa shape index (κ3) is 4.88. The van der Waals surface area contributed by atoms with Crippen LogP contribution in [-0.2, 0) is 9.53 Å². The molecule has 1 unspecified atom stereocenters. The summed E-state index contributed by atoms with van der Waals surface area (Å²) in [7, 11) is 0. The number of imide groups is 1. The summed E-state index contributed by atoms with van der Waals surface area (Å²) in [4.78, 5) is 41.6. The highest BCUT2D eigenvalue weighted by Gasteiger charge is 2.26. The van der Waals surface area contributed by atoms with Crippen LogP contribution in [0.3, 0.4) is 0 Å². The van der Waals surface area contributed by atoms with E-state index in [1.165, 1.54) is 6.92 Å². The van der Waals surface area contributed by atoms with E-state index in [0.717, 1.165) is 24.0 Å². The van der Waals surface area contributed by atoms with Crippen LogP contribution in [0, 0.1) is 6.92 Å². The average Bonchev–Trinajstić information content (AvgIpc) is 3.57. The number of nitrogens with zero attached hydrogens (tertiary/aromatic N) is 1. The Balaban J connectivity index is 1.56. The van der Waals surface area contributed by atoms with Gasteiger partial charge in [0.25, 0.3) is 5.91 Å². The number of benzene rings is 2. The maximum absolute atomic E-state index is 13.0. The van der Waals surface area contributed by atoms with Gasteiger partial charge in [-0.15, -0.1) is 0 Å². The number of ether oxygens (including phenoxy) is 1. The zero-order chi connectivity index (χ0) is 22.0. The smallest absolute Gasteiger partial charge is 0.339 e. The van der Waals surface area contributed by atoms with Crippen molar-refractivity contribution >= 4 is 28.8 Å². The summed E-state index contributed by atoms with van der Waals surface area (Å²) in [6, 6.07) is 16.3. The molecule has 1 fully saturated rings. The molecule has 1 atom stereocenters. The van der Waals surface area contributed by atoms with Crippen LogP contribution in [0.2, 0.25) is 0 Å². The van der Waals surface area contributed by atoms with Gasteiger partial charge in [-0.25, -0.2) is 14.6 Å². The first-order valence-corrected chi connectivity index (χ1v) is 10.2. The molecular weight excluding hydrogens is 394 g/mol. The van der Waals surface area contributed by atoms with E-state index in [1.807, 2.05) is 49.4 Å². The summed E-state index contributed by atoms with van der Waals surface area (Å²) in [5.41, 5.74) is 3.57. The van der Waals surface area contributed by atoms with Gasteiger partial charge >= 0.3 is 12.0 Å². The van der Waals surface area contributed by atoms with Gasteiger partial charge in [-0.2, -0.15) is 0 Å². The van der Waals surface area contributed by atoms with E-state index in [9.17, 15) is 14.4 Å². The molecule has 1 saturated carbocycles. The van der Waals surface area contributed by atoms with Crippen LogP contribution in [0.5, 0.6) is 0 Å². The van der Waals surface area contributed by atoms with Crippen molar-refractivity contribution in [3.8, 4) is 11.3 Å². The van der Waals surface area contributed by atoms with Crippen LogP contribution in [0.15, 0.2) is 54.6 Å². The number of pyridine rings is 1. The lowest BCUT2D eigenvalue weighted by atomic mass is 10.0. The molecule has 1 aromatic heterocycles. The molecule has 0 aliphatic heterocycles. The quantitative estimate of drug-likeness (QED) is 0.617. The van der Waals surface area contributed by atoms with Crippen LogP contribution >= 0.6 is 0 Å². The molecule has 0 saturated heterocycles. The lowest BCUT2D eigenvalue weighted by Gasteiger charge is -2.15. The first-order chi connectivity index (χ1) is 14.9. The van der Waals surface area contributed by atoms with E-state index in [-0.39, 0.29) is 6.04 Å². The number of carbonyl (C=O) groups excluding carboxylic acids is 3. The van der Waals surface area contributed by atoms with Gasteiger partial charge in [0.05, 0.1) is 16.8 Å². The van der Waals surface area contributed by atoms with Gasteiger partial charge in [0.15, 0.2) is 6.10 Å². The topological polar surface area (TPSA) is 97.4 Å². The van der Waals surface area contributed by atoms with Gasteiger partial charge in [-0.1, -0.05) is 48.0 Å². The zero-order valence-corrected chi connectivity index (χ0v) is 17.3.